The van der Waals surface area contributed by atoms with E-state index in [2.05, 4.69) is 4.98 Å². The minimum absolute atomic E-state index is 0.0294. The van der Waals surface area contributed by atoms with Crippen molar-refractivity contribution in [2.75, 3.05) is 0 Å². The molecule has 0 radical (unpaired) electrons. The fourth-order valence-electron chi connectivity index (χ4n) is 1.28. The highest BCUT2D eigenvalue weighted by molar-refractivity contribution is 5.97. The molecule has 74 valence electrons. The van der Waals surface area contributed by atoms with E-state index >= 15 is 0 Å². The van der Waals surface area contributed by atoms with Gasteiger partial charge in [0, 0.05) is 18.5 Å². The quantitative estimate of drug-likeness (QED) is 0.682. The SMILES string of the molecule is CC(=O)CC(C)C(=O)c1ccccn1. The molecule has 1 heterocycles. The highest BCUT2D eigenvalue weighted by atomic mass is 16.1. The van der Waals surface area contributed by atoms with Crippen molar-refractivity contribution in [3.63, 3.8) is 0 Å². The maximum Gasteiger partial charge on any atom is 0.184 e. The topological polar surface area (TPSA) is 47.0 Å². The summed E-state index contributed by atoms with van der Waals surface area (Å²) in [4.78, 5) is 26.4. The monoisotopic (exact) mass is 191 g/mol. The van der Waals surface area contributed by atoms with E-state index in [9.17, 15) is 9.59 Å². The minimum Gasteiger partial charge on any atom is -0.300 e. The fourth-order valence-corrected chi connectivity index (χ4v) is 1.28. The van der Waals surface area contributed by atoms with Gasteiger partial charge in [-0.3, -0.25) is 9.78 Å². The number of aromatic nitrogens is 1. The molecule has 0 aliphatic carbocycles. The van der Waals surface area contributed by atoms with Gasteiger partial charge in [-0.15, -0.1) is 0 Å². The second-order valence-electron chi connectivity index (χ2n) is 3.39. The first-order valence-electron chi connectivity index (χ1n) is 4.56. The van der Waals surface area contributed by atoms with Crippen molar-refractivity contribution in [2.45, 2.75) is 20.3 Å². The number of hydrogen-bond donors (Lipinski definition) is 0. The Morgan fingerprint density at radius 1 is 1.43 bits per heavy atom. The molecule has 0 bridgehead atoms. The van der Waals surface area contributed by atoms with E-state index in [1.165, 1.54) is 6.92 Å². The molecule has 0 aliphatic rings. The van der Waals surface area contributed by atoms with Crippen LogP contribution in [0.15, 0.2) is 24.4 Å². The molecule has 1 aromatic heterocycles. The van der Waals surface area contributed by atoms with E-state index in [4.69, 9.17) is 0 Å². The van der Waals surface area contributed by atoms with Crippen molar-refractivity contribution in [2.24, 2.45) is 5.92 Å². The molecule has 3 heteroatoms. The molecule has 1 unspecified atom stereocenters. The molecule has 0 amide bonds. The molecule has 0 fully saturated rings. The van der Waals surface area contributed by atoms with Crippen LogP contribution in [0.25, 0.3) is 0 Å². The van der Waals surface area contributed by atoms with Crippen molar-refractivity contribution >= 4 is 11.6 Å². The molecule has 0 saturated heterocycles. The molecule has 0 aromatic carbocycles. The molecule has 0 aliphatic heterocycles. The zero-order valence-corrected chi connectivity index (χ0v) is 8.36. The lowest BCUT2D eigenvalue weighted by Gasteiger charge is -2.06. The molecule has 0 N–H and O–H groups in total. The average molecular weight is 191 g/mol. The molecular weight excluding hydrogens is 178 g/mol. The maximum atomic E-state index is 11.7. The van der Waals surface area contributed by atoms with Crippen LogP contribution in [0.5, 0.6) is 0 Å². The smallest absolute Gasteiger partial charge is 0.184 e. The lowest BCUT2D eigenvalue weighted by molar-refractivity contribution is -0.117. The summed E-state index contributed by atoms with van der Waals surface area (Å²) in [6.45, 7) is 3.24. The molecule has 1 rings (SSSR count). The Balaban J connectivity index is 2.71. The van der Waals surface area contributed by atoms with Crippen molar-refractivity contribution in [3.8, 4) is 0 Å². The summed E-state index contributed by atoms with van der Waals surface area (Å²) in [5, 5.41) is 0. The van der Waals surface area contributed by atoms with Gasteiger partial charge in [0.15, 0.2) is 5.78 Å². The summed E-state index contributed by atoms with van der Waals surface area (Å²) in [5.41, 5.74) is 0.432. The highest BCUT2D eigenvalue weighted by Crippen LogP contribution is 2.09. The summed E-state index contributed by atoms with van der Waals surface area (Å²) in [7, 11) is 0. The molecule has 0 saturated carbocycles. The predicted molar refractivity (Wildman–Crippen MR) is 53.0 cm³/mol. The summed E-state index contributed by atoms with van der Waals surface area (Å²) < 4.78 is 0. The lowest BCUT2D eigenvalue weighted by Crippen LogP contribution is -2.15. The van der Waals surface area contributed by atoms with Gasteiger partial charge >= 0.3 is 0 Å². The minimum atomic E-state index is -0.276. The lowest BCUT2D eigenvalue weighted by atomic mass is 9.98. The number of Topliss-reactive ketones (excluding diaryl/α,β-unsaturated/α-hetero) is 2. The Kier molecular flexibility index (Phi) is 3.51. The van der Waals surface area contributed by atoms with Gasteiger partial charge in [0.05, 0.1) is 0 Å². The third kappa shape index (κ3) is 2.76. The highest BCUT2D eigenvalue weighted by Gasteiger charge is 2.17. The van der Waals surface area contributed by atoms with Gasteiger partial charge in [0.2, 0.25) is 0 Å². The predicted octanol–water partition coefficient (Wildman–Crippen LogP) is 1.88. The van der Waals surface area contributed by atoms with Crippen LogP contribution < -0.4 is 0 Å². The van der Waals surface area contributed by atoms with E-state index in [1.54, 1.807) is 31.3 Å². The number of nitrogens with zero attached hydrogens (tertiary/aromatic N) is 1. The van der Waals surface area contributed by atoms with Gasteiger partial charge in [0.1, 0.15) is 11.5 Å². The zero-order valence-electron chi connectivity index (χ0n) is 8.36. The van der Waals surface area contributed by atoms with Crippen molar-refractivity contribution in [1.82, 2.24) is 4.98 Å². The van der Waals surface area contributed by atoms with Crippen molar-refractivity contribution < 1.29 is 9.59 Å². The Hall–Kier alpha value is -1.51. The summed E-state index contributed by atoms with van der Waals surface area (Å²) in [6, 6.07) is 5.19. The van der Waals surface area contributed by atoms with Gasteiger partial charge in [-0.2, -0.15) is 0 Å². The summed E-state index contributed by atoms with van der Waals surface area (Å²) >= 11 is 0. The van der Waals surface area contributed by atoms with Crippen molar-refractivity contribution in [3.05, 3.63) is 30.1 Å². The molecule has 14 heavy (non-hydrogen) atoms. The number of carbonyl (C=O) groups is 2. The van der Waals surface area contributed by atoms with E-state index in [0.717, 1.165) is 0 Å². The van der Waals surface area contributed by atoms with Crippen LogP contribution in [0, 0.1) is 5.92 Å². The van der Waals surface area contributed by atoms with Gasteiger partial charge in [0.25, 0.3) is 0 Å². The third-order valence-electron chi connectivity index (χ3n) is 1.96. The Morgan fingerprint density at radius 3 is 2.64 bits per heavy atom. The van der Waals surface area contributed by atoms with E-state index in [0.29, 0.717) is 5.69 Å². The molecular formula is C11H13NO2. The van der Waals surface area contributed by atoms with Crippen LogP contribution in [0.4, 0.5) is 0 Å². The molecule has 1 atom stereocenters. The van der Waals surface area contributed by atoms with Gasteiger partial charge in [-0.1, -0.05) is 13.0 Å². The first-order chi connectivity index (χ1) is 6.61. The molecule has 3 nitrogen and oxygen atoms in total. The van der Waals surface area contributed by atoms with Crippen LogP contribution in [0.3, 0.4) is 0 Å². The van der Waals surface area contributed by atoms with Crippen LogP contribution >= 0.6 is 0 Å². The van der Waals surface area contributed by atoms with Crippen molar-refractivity contribution in [1.29, 1.82) is 0 Å². The first-order valence-corrected chi connectivity index (χ1v) is 4.56. The summed E-state index contributed by atoms with van der Waals surface area (Å²) in [6.07, 6.45) is 1.86. The second kappa shape index (κ2) is 4.65. The largest absolute Gasteiger partial charge is 0.300 e. The van der Waals surface area contributed by atoms with Crippen LogP contribution in [-0.4, -0.2) is 16.6 Å². The Labute approximate surface area is 83.2 Å². The standard InChI is InChI=1S/C11H13NO2/c1-8(7-9(2)13)11(14)10-5-3-4-6-12-10/h3-6,8H,7H2,1-2H3. The first kappa shape index (κ1) is 10.6. The normalized spacial score (nSPS) is 12.1. The van der Waals surface area contributed by atoms with Crippen LogP contribution in [0.1, 0.15) is 30.8 Å². The van der Waals surface area contributed by atoms with Crippen LogP contribution in [-0.2, 0) is 4.79 Å². The van der Waals surface area contributed by atoms with E-state index in [1.807, 2.05) is 0 Å². The average Bonchev–Trinajstić information content (AvgIpc) is 2.17. The van der Waals surface area contributed by atoms with Gasteiger partial charge < -0.3 is 4.79 Å². The number of rotatable bonds is 4. The van der Waals surface area contributed by atoms with Crippen LogP contribution in [0.2, 0.25) is 0 Å². The number of carbonyl (C=O) groups excluding carboxylic acids is 2. The zero-order chi connectivity index (χ0) is 10.6. The van der Waals surface area contributed by atoms with E-state index in [-0.39, 0.29) is 23.9 Å². The Bertz CT molecular complexity index is 332. The fraction of sp³-hybridized carbons (Fsp3) is 0.364. The van der Waals surface area contributed by atoms with E-state index < -0.39 is 0 Å². The number of pyridine rings is 1. The molecule has 1 aromatic rings. The Morgan fingerprint density at radius 2 is 2.14 bits per heavy atom. The number of hydrogen-bond acceptors (Lipinski definition) is 3. The molecule has 0 spiro atoms. The second-order valence-corrected chi connectivity index (χ2v) is 3.39. The maximum absolute atomic E-state index is 11.7. The van der Waals surface area contributed by atoms with Gasteiger partial charge in [-0.25, -0.2) is 0 Å². The summed E-state index contributed by atoms with van der Waals surface area (Å²) in [5.74, 6) is -0.315. The number of ketones is 2. The van der Waals surface area contributed by atoms with Gasteiger partial charge in [-0.05, 0) is 19.1 Å². The third-order valence-corrected chi connectivity index (χ3v) is 1.96.